The van der Waals surface area contributed by atoms with Crippen LogP contribution in [0.4, 0.5) is 0 Å². The molecule has 0 fully saturated rings. The van der Waals surface area contributed by atoms with Crippen LogP contribution in [-0.4, -0.2) is 29.3 Å². The fourth-order valence-corrected chi connectivity index (χ4v) is 2.39. The van der Waals surface area contributed by atoms with Crippen LogP contribution in [0.1, 0.15) is 32.8 Å². The van der Waals surface area contributed by atoms with Crippen molar-refractivity contribution in [2.24, 2.45) is 0 Å². The molecule has 1 aromatic rings. The maximum Gasteiger partial charge on any atom is 0.242 e. The first kappa shape index (κ1) is 16.7. The molecule has 0 saturated heterocycles. The maximum absolute atomic E-state index is 12.1. The molecule has 0 aromatic heterocycles. The first-order valence-electron chi connectivity index (χ1n) is 6.81. The van der Waals surface area contributed by atoms with Crippen LogP contribution in [0.5, 0.6) is 0 Å². The van der Waals surface area contributed by atoms with Gasteiger partial charge in [0.15, 0.2) is 0 Å². The van der Waals surface area contributed by atoms with Crippen LogP contribution in [0.15, 0.2) is 28.7 Å². The van der Waals surface area contributed by atoms with Gasteiger partial charge in [-0.25, -0.2) is 0 Å². The molecule has 4 nitrogen and oxygen atoms in total. The molecule has 0 radical (unpaired) electrons. The molecule has 0 unspecified atom stereocenters. The lowest BCUT2D eigenvalue weighted by atomic mass is 10.1. The number of hydrogen-bond donors (Lipinski definition) is 1. The van der Waals surface area contributed by atoms with E-state index in [1.54, 1.807) is 18.7 Å². The molecule has 0 heterocycles. The fourth-order valence-electron chi connectivity index (χ4n) is 1.94. The molecular weight excluding hydrogens is 320 g/mol. The average molecular weight is 341 g/mol. The second kappa shape index (κ2) is 8.04. The van der Waals surface area contributed by atoms with E-state index >= 15 is 0 Å². The van der Waals surface area contributed by atoms with Gasteiger partial charge in [-0.1, -0.05) is 35.0 Å². The van der Waals surface area contributed by atoms with E-state index in [1.807, 2.05) is 31.2 Å². The van der Waals surface area contributed by atoms with Gasteiger partial charge in [-0.15, -0.1) is 0 Å². The Labute approximate surface area is 128 Å². The molecule has 0 aliphatic heterocycles. The Balaban J connectivity index is 2.89. The Morgan fingerprint density at radius 1 is 1.35 bits per heavy atom. The molecule has 0 aliphatic carbocycles. The number of amides is 2. The number of carbonyl (C=O) groups excluding carboxylic acids is 2. The molecule has 1 aromatic carbocycles. The van der Waals surface area contributed by atoms with E-state index < -0.39 is 6.04 Å². The zero-order chi connectivity index (χ0) is 15.1. The van der Waals surface area contributed by atoms with E-state index in [2.05, 4.69) is 21.2 Å². The van der Waals surface area contributed by atoms with Gasteiger partial charge in [-0.3, -0.25) is 9.59 Å². The van der Waals surface area contributed by atoms with Gasteiger partial charge in [0.25, 0.3) is 0 Å². The highest BCUT2D eigenvalue weighted by molar-refractivity contribution is 9.10. The van der Waals surface area contributed by atoms with Crippen LogP contribution in [0.25, 0.3) is 0 Å². The van der Waals surface area contributed by atoms with Gasteiger partial charge in [0, 0.05) is 24.0 Å². The molecule has 1 N–H and O–H groups in total. The van der Waals surface area contributed by atoms with E-state index in [1.165, 1.54) is 0 Å². The summed E-state index contributed by atoms with van der Waals surface area (Å²) in [5.41, 5.74) is 0.998. The van der Waals surface area contributed by atoms with Gasteiger partial charge in [0.2, 0.25) is 11.8 Å². The van der Waals surface area contributed by atoms with Crippen molar-refractivity contribution in [3.05, 3.63) is 34.3 Å². The van der Waals surface area contributed by atoms with E-state index in [-0.39, 0.29) is 11.8 Å². The standard InChI is InChI=1S/C15H21BrN2O2/c1-4-14(19)18(11(3)15(20)17-5-2)10-12-7-6-8-13(16)9-12/h6-9,11H,4-5,10H2,1-3H3,(H,17,20)/t11-/m1/s1. The molecule has 0 aliphatic rings. The van der Waals surface area contributed by atoms with Crippen molar-refractivity contribution in [2.75, 3.05) is 6.54 Å². The molecule has 0 saturated carbocycles. The summed E-state index contributed by atoms with van der Waals surface area (Å²) in [6.07, 6.45) is 0.387. The lowest BCUT2D eigenvalue weighted by molar-refractivity contribution is -0.140. The highest BCUT2D eigenvalue weighted by Crippen LogP contribution is 2.15. The van der Waals surface area contributed by atoms with Crippen LogP contribution < -0.4 is 5.32 Å². The Kier molecular flexibility index (Phi) is 6.71. The predicted molar refractivity (Wildman–Crippen MR) is 83.1 cm³/mol. The van der Waals surface area contributed by atoms with Crippen molar-refractivity contribution in [3.8, 4) is 0 Å². The van der Waals surface area contributed by atoms with Crippen LogP contribution in [0.2, 0.25) is 0 Å². The maximum atomic E-state index is 12.1. The minimum Gasteiger partial charge on any atom is -0.355 e. The summed E-state index contributed by atoms with van der Waals surface area (Å²) in [5, 5.41) is 2.76. The second-order valence-electron chi connectivity index (χ2n) is 4.58. The minimum atomic E-state index is -0.471. The van der Waals surface area contributed by atoms with Gasteiger partial charge in [0.05, 0.1) is 0 Å². The number of halogens is 1. The first-order valence-corrected chi connectivity index (χ1v) is 7.60. The van der Waals surface area contributed by atoms with Crippen molar-refractivity contribution in [2.45, 2.75) is 39.8 Å². The quantitative estimate of drug-likeness (QED) is 0.865. The SMILES string of the molecule is CCNC(=O)[C@@H](C)N(Cc1cccc(Br)c1)C(=O)CC. The molecule has 0 bridgehead atoms. The van der Waals surface area contributed by atoms with E-state index in [9.17, 15) is 9.59 Å². The molecule has 110 valence electrons. The van der Waals surface area contributed by atoms with E-state index in [4.69, 9.17) is 0 Å². The monoisotopic (exact) mass is 340 g/mol. The third kappa shape index (κ3) is 4.63. The van der Waals surface area contributed by atoms with Crippen LogP contribution >= 0.6 is 15.9 Å². The van der Waals surface area contributed by atoms with Gasteiger partial charge >= 0.3 is 0 Å². The van der Waals surface area contributed by atoms with Crippen molar-refractivity contribution < 1.29 is 9.59 Å². The Morgan fingerprint density at radius 2 is 2.05 bits per heavy atom. The number of rotatable bonds is 6. The number of nitrogens with zero attached hydrogens (tertiary/aromatic N) is 1. The van der Waals surface area contributed by atoms with Crippen molar-refractivity contribution in [3.63, 3.8) is 0 Å². The summed E-state index contributed by atoms with van der Waals surface area (Å²) >= 11 is 3.41. The topological polar surface area (TPSA) is 49.4 Å². The Morgan fingerprint density at radius 3 is 2.60 bits per heavy atom. The Hall–Kier alpha value is -1.36. The zero-order valence-corrected chi connectivity index (χ0v) is 13.7. The van der Waals surface area contributed by atoms with E-state index in [0.29, 0.717) is 19.5 Å². The highest BCUT2D eigenvalue weighted by Gasteiger charge is 2.24. The van der Waals surface area contributed by atoms with Crippen molar-refractivity contribution in [1.82, 2.24) is 10.2 Å². The summed E-state index contributed by atoms with van der Waals surface area (Å²) in [7, 11) is 0. The Bertz CT molecular complexity index is 477. The third-order valence-corrected chi connectivity index (χ3v) is 3.56. The fraction of sp³-hybridized carbons (Fsp3) is 0.467. The zero-order valence-electron chi connectivity index (χ0n) is 12.1. The number of nitrogens with one attached hydrogen (secondary N) is 1. The molecule has 5 heteroatoms. The van der Waals surface area contributed by atoms with Crippen LogP contribution in [-0.2, 0) is 16.1 Å². The van der Waals surface area contributed by atoms with Crippen molar-refractivity contribution >= 4 is 27.7 Å². The normalized spacial score (nSPS) is 11.8. The van der Waals surface area contributed by atoms with Gasteiger partial charge in [-0.05, 0) is 31.5 Å². The summed E-state index contributed by atoms with van der Waals surface area (Å²) in [6, 6.07) is 7.29. The van der Waals surface area contributed by atoms with Gasteiger partial charge < -0.3 is 10.2 Å². The summed E-state index contributed by atoms with van der Waals surface area (Å²) < 4.78 is 0.963. The minimum absolute atomic E-state index is 0.0243. The number of carbonyl (C=O) groups is 2. The largest absolute Gasteiger partial charge is 0.355 e. The summed E-state index contributed by atoms with van der Waals surface area (Å²) in [5.74, 6) is -0.145. The number of hydrogen-bond acceptors (Lipinski definition) is 2. The number of benzene rings is 1. The average Bonchev–Trinajstić information content (AvgIpc) is 2.43. The molecule has 1 rings (SSSR count). The lowest BCUT2D eigenvalue weighted by Crippen LogP contribution is -2.47. The molecular formula is C15H21BrN2O2. The highest BCUT2D eigenvalue weighted by atomic mass is 79.9. The lowest BCUT2D eigenvalue weighted by Gasteiger charge is -2.28. The summed E-state index contributed by atoms with van der Waals surface area (Å²) in [6.45, 7) is 6.43. The van der Waals surface area contributed by atoms with Crippen LogP contribution in [0.3, 0.4) is 0 Å². The van der Waals surface area contributed by atoms with Gasteiger partial charge in [-0.2, -0.15) is 0 Å². The van der Waals surface area contributed by atoms with E-state index in [0.717, 1.165) is 10.0 Å². The number of likely N-dealkylation sites (N-methyl/N-ethyl adjacent to an activating group) is 1. The second-order valence-corrected chi connectivity index (χ2v) is 5.49. The van der Waals surface area contributed by atoms with Crippen molar-refractivity contribution in [1.29, 1.82) is 0 Å². The smallest absolute Gasteiger partial charge is 0.242 e. The van der Waals surface area contributed by atoms with Crippen LogP contribution in [0, 0.1) is 0 Å². The molecule has 2 amide bonds. The molecule has 20 heavy (non-hydrogen) atoms. The predicted octanol–water partition coefficient (Wildman–Crippen LogP) is 2.71. The summed E-state index contributed by atoms with van der Waals surface area (Å²) in [4.78, 5) is 25.7. The third-order valence-electron chi connectivity index (χ3n) is 3.06. The van der Waals surface area contributed by atoms with Gasteiger partial charge in [0.1, 0.15) is 6.04 Å². The molecule has 1 atom stereocenters. The molecule has 0 spiro atoms. The first-order chi connectivity index (χ1) is 9.49.